The third-order valence-electron chi connectivity index (χ3n) is 13.7. The molecule has 0 bridgehead atoms. The van der Waals surface area contributed by atoms with E-state index >= 15 is 0 Å². The predicted molar refractivity (Wildman–Crippen MR) is 275 cm³/mol. The second kappa shape index (κ2) is 45.7. The van der Waals surface area contributed by atoms with Crippen molar-refractivity contribution >= 4 is 5.91 Å². The smallest absolute Gasteiger partial charge is 0.249 e. The van der Waals surface area contributed by atoms with Crippen LogP contribution in [-0.2, 0) is 14.3 Å². The highest BCUT2D eigenvalue weighted by atomic mass is 16.7. The molecular formula is C56H107NO10. The molecule has 8 N–H and O–H groups in total. The van der Waals surface area contributed by atoms with E-state index < -0.39 is 74.2 Å². The van der Waals surface area contributed by atoms with E-state index in [1.807, 2.05) is 0 Å². The van der Waals surface area contributed by atoms with Gasteiger partial charge in [0.05, 0.1) is 25.4 Å². The van der Waals surface area contributed by atoms with Gasteiger partial charge in [0.2, 0.25) is 5.91 Å². The second-order valence-electron chi connectivity index (χ2n) is 20.0. The molecule has 9 atom stereocenters. The summed E-state index contributed by atoms with van der Waals surface area (Å²) >= 11 is 0. The highest BCUT2D eigenvalue weighted by molar-refractivity contribution is 5.80. The third-order valence-corrected chi connectivity index (χ3v) is 13.7. The van der Waals surface area contributed by atoms with E-state index in [1.165, 1.54) is 173 Å². The van der Waals surface area contributed by atoms with Crippen molar-refractivity contribution in [2.45, 2.75) is 313 Å². The van der Waals surface area contributed by atoms with Crippen LogP contribution in [0.5, 0.6) is 0 Å². The van der Waals surface area contributed by atoms with Crippen molar-refractivity contribution in [1.29, 1.82) is 0 Å². The van der Waals surface area contributed by atoms with Crippen LogP contribution in [0, 0.1) is 0 Å². The molecule has 1 aliphatic heterocycles. The van der Waals surface area contributed by atoms with E-state index in [0.717, 1.165) is 38.5 Å². The standard InChI is InChI=1S/C56H107NO10/c1-3-5-7-9-11-13-15-17-19-20-21-22-23-24-25-26-27-28-29-30-32-34-36-38-40-42-44-49(60)55(65)57-47(46-66-56-54(64)53(63)52(62)50(45-58)67-56)51(61)48(59)43-41-39-37-35-33-31-18-16-14-12-10-8-6-4-2/h16,18,35,37,47-54,56,58-64H,3-15,17,19-34,36,38-46H2,1-2H3,(H,57,65)/b18-16+,37-35+. The molecule has 0 aliphatic carbocycles. The van der Waals surface area contributed by atoms with Gasteiger partial charge in [-0.3, -0.25) is 4.79 Å². The molecule has 1 heterocycles. The van der Waals surface area contributed by atoms with Gasteiger partial charge in [0.15, 0.2) is 6.29 Å². The molecule has 1 aliphatic rings. The molecule has 0 aromatic rings. The largest absolute Gasteiger partial charge is 0.394 e. The van der Waals surface area contributed by atoms with Crippen LogP contribution in [0.25, 0.3) is 0 Å². The Morgan fingerprint density at radius 3 is 1.33 bits per heavy atom. The minimum atomic E-state index is -1.67. The molecule has 67 heavy (non-hydrogen) atoms. The SMILES string of the molecule is CCCCCCC/C=C/CC/C=C/CCCC(O)C(O)C(COC1OC(CO)C(O)C(O)C1O)NC(=O)C(O)CCCCCCCCCCCCCCCCCCCCCCCCCCCC. The van der Waals surface area contributed by atoms with Crippen LogP contribution in [0.2, 0.25) is 0 Å². The fourth-order valence-corrected chi connectivity index (χ4v) is 9.11. The van der Waals surface area contributed by atoms with Crippen molar-refractivity contribution < 1.29 is 50.0 Å². The van der Waals surface area contributed by atoms with Gasteiger partial charge in [0.1, 0.15) is 36.6 Å². The van der Waals surface area contributed by atoms with Crippen molar-refractivity contribution in [3.8, 4) is 0 Å². The summed E-state index contributed by atoms with van der Waals surface area (Å²) in [6, 6.07) is -1.19. The van der Waals surface area contributed by atoms with Crippen molar-refractivity contribution in [2.24, 2.45) is 0 Å². The van der Waals surface area contributed by atoms with E-state index in [-0.39, 0.29) is 12.8 Å². The van der Waals surface area contributed by atoms with Crippen molar-refractivity contribution in [1.82, 2.24) is 5.32 Å². The molecule has 0 spiro atoms. The summed E-state index contributed by atoms with van der Waals surface area (Å²) in [5.41, 5.74) is 0. The molecule has 0 aromatic heterocycles. The summed E-state index contributed by atoms with van der Waals surface area (Å²) in [7, 11) is 0. The first-order valence-corrected chi connectivity index (χ1v) is 28.2. The van der Waals surface area contributed by atoms with Gasteiger partial charge in [-0.25, -0.2) is 0 Å². The Balaban J connectivity index is 2.28. The molecule has 0 aromatic carbocycles. The minimum Gasteiger partial charge on any atom is -0.394 e. The summed E-state index contributed by atoms with van der Waals surface area (Å²) in [5.74, 6) is -0.707. The lowest BCUT2D eigenvalue weighted by Gasteiger charge is -2.40. The van der Waals surface area contributed by atoms with Crippen molar-refractivity contribution in [3.05, 3.63) is 24.3 Å². The first kappa shape index (κ1) is 63.6. The minimum absolute atomic E-state index is 0.248. The van der Waals surface area contributed by atoms with Crippen LogP contribution in [0.1, 0.15) is 258 Å². The summed E-state index contributed by atoms with van der Waals surface area (Å²) < 4.78 is 11.1. The zero-order chi connectivity index (χ0) is 49.0. The van der Waals surface area contributed by atoms with Crippen LogP contribution >= 0.6 is 0 Å². The zero-order valence-electron chi connectivity index (χ0n) is 43.1. The molecular weight excluding hydrogens is 847 g/mol. The number of carbonyl (C=O) groups is 1. The summed E-state index contributed by atoms with van der Waals surface area (Å²) in [6.07, 6.45) is 42.4. The Labute approximate surface area is 410 Å². The van der Waals surface area contributed by atoms with Gasteiger partial charge >= 0.3 is 0 Å². The Morgan fingerprint density at radius 1 is 0.507 bits per heavy atom. The molecule has 11 nitrogen and oxygen atoms in total. The van der Waals surface area contributed by atoms with Crippen LogP contribution in [0.4, 0.5) is 0 Å². The predicted octanol–water partition coefficient (Wildman–Crippen LogP) is 11.3. The lowest BCUT2D eigenvalue weighted by molar-refractivity contribution is -0.303. The Hall–Kier alpha value is -1.41. The van der Waals surface area contributed by atoms with E-state index in [2.05, 4.69) is 43.5 Å². The topological polar surface area (TPSA) is 189 Å². The lowest BCUT2D eigenvalue weighted by atomic mass is 9.98. The zero-order valence-corrected chi connectivity index (χ0v) is 43.1. The van der Waals surface area contributed by atoms with Gasteiger partial charge in [-0.05, 0) is 51.4 Å². The quantitative estimate of drug-likeness (QED) is 0.0215. The number of unbranched alkanes of at least 4 members (excludes halogenated alkanes) is 32. The molecule has 1 saturated heterocycles. The number of carbonyl (C=O) groups excluding carboxylic acids is 1. The average molecular weight is 954 g/mol. The maximum atomic E-state index is 13.1. The molecule has 1 amide bonds. The second-order valence-corrected chi connectivity index (χ2v) is 20.0. The van der Waals surface area contributed by atoms with Gasteiger partial charge in [0, 0.05) is 0 Å². The Kier molecular flexibility index (Phi) is 43.4. The van der Waals surface area contributed by atoms with E-state index in [9.17, 15) is 40.5 Å². The number of aliphatic hydroxyl groups is 7. The molecule has 396 valence electrons. The molecule has 0 radical (unpaired) electrons. The molecule has 1 rings (SSSR count). The maximum absolute atomic E-state index is 13.1. The number of ether oxygens (including phenoxy) is 2. The normalized spacial score (nSPS) is 20.8. The summed E-state index contributed by atoms with van der Waals surface area (Å²) in [5, 5.41) is 75.9. The van der Waals surface area contributed by atoms with Gasteiger partial charge in [0.25, 0.3) is 0 Å². The molecule has 0 saturated carbocycles. The lowest BCUT2D eigenvalue weighted by Crippen LogP contribution is -2.60. The first-order chi connectivity index (χ1) is 32.7. The fraction of sp³-hybridized carbons (Fsp3) is 0.911. The highest BCUT2D eigenvalue weighted by Gasteiger charge is 2.44. The maximum Gasteiger partial charge on any atom is 0.249 e. The van der Waals surface area contributed by atoms with Crippen LogP contribution in [0.3, 0.4) is 0 Å². The molecule has 9 unspecified atom stereocenters. The number of hydrogen-bond acceptors (Lipinski definition) is 10. The average Bonchev–Trinajstić information content (AvgIpc) is 3.33. The first-order valence-electron chi connectivity index (χ1n) is 28.2. The summed E-state index contributed by atoms with van der Waals surface area (Å²) in [6.45, 7) is 3.43. The Morgan fingerprint density at radius 2 is 0.896 bits per heavy atom. The van der Waals surface area contributed by atoms with E-state index in [0.29, 0.717) is 19.3 Å². The third kappa shape index (κ3) is 34.5. The number of aliphatic hydroxyl groups excluding tert-OH is 7. The van der Waals surface area contributed by atoms with E-state index in [4.69, 9.17) is 9.47 Å². The van der Waals surface area contributed by atoms with Crippen molar-refractivity contribution in [3.63, 3.8) is 0 Å². The number of amides is 1. The van der Waals surface area contributed by atoms with Crippen LogP contribution < -0.4 is 5.32 Å². The van der Waals surface area contributed by atoms with E-state index in [1.54, 1.807) is 0 Å². The highest BCUT2D eigenvalue weighted by Crippen LogP contribution is 2.23. The molecule has 11 heteroatoms. The number of allylic oxidation sites excluding steroid dienone is 4. The monoisotopic (exact) mass is 954 g/mol. The van der Waals surface area contributed by atoms with Gasteiger partial charge in [-0.15, -0.1) is 0 Å². The fourth-order valence-electron chi connectivity index (χ4n) is 9.11. The molecule has 1 fully saturated rings. The van der Waals surface area contributed by atoms with Crippen LogP contribution in [0.15, 0.2) is 24.3 Å². The Bertz CT molecular complexity index is 1140. The van der Waals surface area contributed by atoms with Gasteiger partial charge in [-0.2, -0.15) is 0 Å². The number of hydrogen-bond donors (Lipinski definition) is 8. The number of rotatable bonds is 48. The van der Waals surface area contributed by atoms with Gasteiger partial charge < -0.3 is 50.5 Å². The number of nitrogens with one attached hydrogen (secondary N) is 1. The summed E-state index contributed by atoms with van der Waals surface area (Å²) in [4.78, 5) is 13.1. The van der Waals surface area contributed by atoms with Crippen LogP contribution in [-0.4, -0.2) is 110 Å². The van der Waals surface area contributed by atoms with Gasteiger partial charge in [-0.1, -0.05) is 231 Å². The van der Waals surface area contributed by atoms with Crippen molar-refractivity contribution in [2.75, 3.05) is 13.2 Å².